The van der Waals surface area contributed by atoms with Gasteiger partial charge in [0.1, 0.15) is 5.82 Å². The lowest BCUT2D eigenvalue weighted by Crippen LogP contribution is -2.27. The van der Waals surface area contributed by atoms with Crippen molar-refractivity contribution in [2.45, 2.75) is 0 Å². The van der Waals surface area contributed by atoms with Crippen LogP contribution in [0.25, 0.3) is 10.8 Å². The number of rotatable bonds is 3. The summed E-state index contributed by atoms with van der Waals surface area (Å²) in [4.78, 5) is 24.4. The number of carbonyl (C=O) groups is 1. The van der Waals surface area contributed by atoms with Gasteiger partial charge < -0.3 is 0 Å². The van der Waals surface area contributed by atoms with Crippen molar-refractivity contribution >= 4 is 34.5 Å². The number of benzene rings is 2. The predicted octanol–water partition coefficient (Wildman–Crippen LogP) is 2.49. The maximum Gasteiger partial charge on any atom is 0.292 e. The second-order valence-electron chi connectivity index (χ2n) is 5.16. The third kappa shape index (κ3) is 3.27. The van der Waals surface area contributed by atoms with Gasteiger partial charge in [-0.2, -0.15) is 10.2 Å². The maximum atomic E-state index is 13.7. The van der Waals surface area contributed by atoms with Crippen LogP contribution in [0.4, 0.5) is 4.39 Å². The second kappa shape index (κ2) is 6.82. The molecule has 0 saturated heterocycles. The molecule has 126 valence electrons. The maximum absolute atomic E-state index is 13.7. The second-order valence-corrected chi connectivity index (χ2v) is 5.56. The lowest BCUT2D eigenvalue weighted by Gasteiger charge is -2.06. The molecule has 6 nitrogen and oxygen atoms in total. The van der Waals surface area contributed by atoms with Crippen molar-refractivity contribution in [2.24, 2.45) is 12.1 Å². The van der Waals surface area contributed by atoms with E-state index in [0.717, 1.165) is 10.9 Å². The van der Waals surface area contributed by atoms with Gasteiger partial charge in [-0.15, -0.1) is 0 Å². The monoisotopic (exact) mass is 358 g/mol. The highest BCUT2D eigenvalue weighted by Crippen LogP contribution is 2.16. The Bertz CT molecular complexity index is 1040. The smallest absolute Gasteiger partial charge is 0.267 e. The standard InChI is InChI=1S/C17H12ClFN4O2/c1-23-17(25)11-6-3-2-5-10(11)15(22-23)16(24)21-20-9-12-13(18)7-4-8-14(12)19/h2-9H,1H3,(H,21,24)/b20-9+. The van der Waals surface area contributed by atoms with E-state index >= 15 is 0 Å². The normalized spacial score (nSPS) is 11.2. The van der Waals surface area contributed by atoms with E-state index in [1.807, 2.05) is 0 Å². The van der Waals surface area contributed by atoms with Crippen LogP contribution in [-0.2, 0) is 7.05 Å². The quantitative estimate of drug-likeness (QED) is 0.577. The Labute approximate surface area is 146 Å². The molecule has 0 fully saturated rings. The Morgan fingerprint density at radius 1 is 1.24 bits per heavy atom. The van der Waals surface area contributed by atoms with Crippen LogP contribution in [0.1, 0.15) is 16.1 Å². The molecule has 1 N–H and O–H groups in total. The lowest BCUT2D eigenvalue weighted by atomic mass is 10.1. The van der Waals surface area contributed by atoms with Crippen LogP contribution in [0.2, 0.25) is 5.02 Å². The molecule has 3 aromatic rings. The van der Waals surface area contributed by atoms with Crippen LogP contribution in [0, 0.1) is 5.82 Å². The van der Waals surface area contributed by atoms with Crippen LogP contribution >= 0.6 is 11.6 Å². The number of nitrogens with zero attached hydrogens (tertiary/aromatic N) is 3. The number of carbonyl (C=O) groups excluding carboxylic acids is 1. The highest BCUT2D eigenvalue weighted by Gasteiger charge is 2.15. The first-order chi connectivity index (χ1) is 12.0. The highest BCUT2D eigenvalue weighted by molar-refractivity contribution is 6.33. The summed E-state index contributed by atoms with van der Waals surface area (Å²) in [6, 6.07) is 10.8. The summed E-state index contributed by atoms with van der Waals surface area (Å²) in [7, 11) is 1.45. The molecule has 0 aliphatic carbocycles. The van der Waals surface area contributed by atoms with Crippen LogP contribution in [0.5, 0.6) is 0 Å². The molecule has 0 atom stereocenters. The summed E-state index contributed by atoms with van der Waals surface area (Å²) in [5.74, 6) is -1.19. The molecule has 2 aromatic carbocycles. The number of fused-ring (bicyclic) bond motifs is 1. The number of hydrazone groups is 1. The van der Waals surface area contributed by atoms with Crippen molar-refractivity contribution in [1.82, 2.24) is 15.2 Å². The third-order valence-electron chi connectivity index (χ3n) is 3.53. The van der Waals surface area contributed by atoms with Crippen LogP contribution in [0.3, 0.4) is 0 Å². The predicted molar refractivity (Wildman–Crippen MR) is 93.5 cm³/mol. The minimum absolute atomic E-state index is 0.0366. The van der Waals surface area contributed by atoms with Gasteiger partial charge in [0.25, 0.3) is 11.5 Å². The van der Waals surface area contributed by atoms with Gasteiger partial charge in [-0.3, -0.25) is 9.59 Å². The first kappa shape index (κ1) is 16.8. The van der Waals surface area contributed by atoms with E-state index < -0.39 is 11.7 Å². The van der Waals surface area contributed by atoms with Crippen molar-refractivity contribution in [3.05, 3.63) is 74.9 Å². The number of nitrogens with one attached hydrogen (secondary N) is 1. The summed E-state index contributed by atoms with van der Waals surface area (Å²) in [6.07, 6.45) is 1.11. The molecule has 1 amide bonds. The van der Waals surface area contributed by atoms with E-state index in [2.05, 4.69) is 15.6 Å². The molecule has 0 radical (unpaired) electrons. The van der Waals surface area contributed by atoms with Gasteiger partial charge in [-0.1, -0.05) is 35.9 Å². The molecule has 0 bridgehead atoms. The minimum Gasteiger partial charge on any atom is -0.267 e. The number of hydrogen-bond donors (Lipinski definition) is 1. The Kier molecular flexibility index (Phi) is 4.58. The first-order valence-electron chi connectivity index (χ1n) is 7.22. The Morgan fingerprint density at radius 2 is 1.96 bits per heavy atom. The molecule has 8 heteroatoms. The average molecular weight is 359 g/mol. The minimum atomic E-state index is -0.629. The fourth-order valence-corrected chi connectivity index (χ4v) is 2.52. The van der Waals surface area contributed by atoms with E-state index in [9.17, 15) is 14.0 Å². The molecule has 0 saturated carbocycles. The Morgan fingerprint density at radius 3 is 2.68 bits per heavy atom. The molecule has 1 heterocycles. The van der Waals surface area contributed by atoms with E-state index in [1.54, 1.807) is 24.3 Å². The van der Waals surface area contributed by atoms with Gasteiger partial charge >= 0.3 is 0 Å². The average Bonchev–Trinajstić information content (AvgIpc) is 2.60. The summed E-state index contributed by atoms with van der Waals surface area (Å²) < 4.78 is 14.7. The van der Waals surface area contributed by atoms with Crippen LogP contribution in [-0.4, -0.2) is 21.9 Å². The molecule has 3 rings (SSSR count). The van der Waals surface area contributed by atoms with E-state index in [0.29, 0.717) is 10.8 Å². The number of hydrogen-bond acceptors (Lipinski definition) is 4. The van der Waals surface area contributed by atoms with Crippen molar-refractivity contribution in [2.75, 3.05) is 0 Å². The summed E-state index contributed by atoms with van der Waals surface area (Å²) >= 11 is 5.88. The molecular weight excluding hydrogens is 347 g/mol. The Balaban J connectivity index is 1.92. The molecule has 0 aliphatic heterocycles. The molecular formula is C17H12ClFN4O2. The van der Waals surface area contributed by atoms with E-state index in [-0.39, 0.29) is 21.8 Å². The summed E-state index contributed by atoms with van der Waals surface area (Å²) in [5, 5.41) is 8.64. The number of amides is 1. The van der Waals surface area contributed by atoms with Gasteiger partial charge in [0, 0.05) is 18.0 Å². The van der Waals surface area contributed by atoms with Gasteiger partial charge in [0.15, 0.2) is 5.69 Å². The fraction of sp³-hybridized carbons (Fsp3) is 0.0588. The van der Waals surface area contributed by atoms with E-state index in [4.69, 9.17) is 11.6 Å². The topological polar surface area (TPSA) is 76.3 Å². The van der Waals surface area contributed by atoms with Crippen molar-refractivity contribution < 1.29 is 9.18 Å². The summed E-state index contributed by atoms with van der Waals surface area (Å²) in [6.45, 7) is 0. The van der Waals surface area contributed by atoms with Crippen molar-refractivity contribution in [3.63, 3.8) is 0 Å². The van der Waals surface area contributed by atoms with Crippen LogP contribution in [0.15, 0.2) is 52.4 Å². The first-order valence-corrected chi connectivity index (χ1v) is 7.60. The Hall–Kier alpha value is -3.06. The van der Waals surface area contributed by atoms with Crippen molar-refractivity contribution in [1.29, 1.82) is 0 Å². The lowest BCUT2D eigenvalue weighted by molar-refractivity contribution is 0.0950. The highest BCUT2D eigenvalue weighted by atomic mass is 35.5. The van der Waals surface area contributed by atoms with E-state index in [1.165, 1.54) is 25.2 Å². The van der Waals surface area contributed by atoms with Gasteiger partial charge in [0.05, 0.1) is 16.6 Å². The van der Waals surface area contributed by atoms with Gasteiger partial charge in [0.2, 0.25) is 0 Å². The molecule has 0 unspecified atom stereocenters. The fourth-order valence-electron chi connectivity index (χ4n) is 2.31. The largest absolute Gasteiger partial charge is 0.292 e. The zero-order valence-electron chi connectivity index (χ0n) is 13.0. The number of halogens is 2. The zero-order valence-corrected chi connectivity index (χ0v) is 13.8. The molecule has 0 spiro atoms. The van der Waals surface area contributed by atoms with Gasteiger partial charge in [-0.05, 0) is 18.2 Å². The third-order valence-corrected chi connectivity index (χ3v) is 3.86. The van der Waals surface area contributed by atoms with Crippen LogP contribution < -0.4 is 11.0 Å². The van der Waals surface area contributed by atoms with Crippen molar-refractivity contribution in [3.8, 4) is 0 Å². The zero-order chi connectivity index (χ0) is 18.0. The SMILES string of the molecule is Cn1nc(C(=O)N/N=C/c2c(F)cccc2Cl)c2ccccc2c1=O. The summed E-state index contributed by atoms with van der Waals surface area (Å²) in [5.41, 5.74) is 2.05. The number of aromatic nitrogens is 2. The van der Waals surface area contributed by atoms with Gasteiger partial charge in [-0.25, -0.2) is 14.5 Å². The molecule has 25 heavy (non-hydrogen) atoms. The number of aryl methyl sites for hydroxylation is 1. The molecule has 1 aromatic heterocycles. The molecule has 0 aliphatic rings.